The second-order valence-corrected chi connectivity index (χ2v) is 7.63. The minimum absolute atomic E-state index is 0.149. The number of allylic oxidation sites excluding steroid dienone is 1. The van der Waals surface area contributed by atoms with E-state index in [0.29, 0.717) is 19.3 Å². The standard InChI is InChI=1S/C19H36O6S/c1-3-4-5-12-15-18(25-26(21,22)23)16-13-10-8-6-7-9-11-14-17-19(20)24-2/h10,13,18H,3-9,11-12,14-17H2,1-2H3,(H,21,22,23)/b13-10-. The highest BCUT2D eigenvalue weighted by Gasteiger charge is 2.15. The predicted molar refractivity (Wildman–Crippen MR) is 103 cm³/mol. The van der Waals surface area contributed by atoms with Gasteiger partial charge in [0.2, 0.25) is 0 Å². The van der Waals surface area contributed by atoms with Crippen molar-refractivity contribution in [3.8, 4) is 0 Å². The molecule has 1 N–H and O–H groups in total. The Labute approximate surface area is 159 Å². The van der Waals surface area contributed by atoms with E-state index >= 15 is 0 Å². The Morgan fingerprint density at radius 3 is 2.31 bits per heavy atom. The Kier molecular flexibility index (Phi) is 15.7. The van der Waals surface area contributed by atoms with Crippen molar-refractivity contribution < 1.29 is 26.7 Å². The van der Waals surface area contributed by atoms with E-state index in [-0.39, 0.29) is 5.97 Å². The maximum atomic E-state index is 11.0. The largest absolute Gasteiger partial charge is 0.469 e. The maximum Gasteiger partial charge on any atom is 0.397 e. The Balaban J connectivity index is 3.84. The molecule has 0 saturated heterocycles. The van der Waals surface area contributed by atoms with Crippen molar-refractivity contribution in [3.05, 3.63) is 12.2 Å². The molecule has 0 aliphatic heterocycles. The van der Waals surface area contributed by atoms with Crippen LogP contribution in [0.5, 0.6) is 0 Å². The highest BCUT2D eigenvalue weighted by atomic mass is 32.3. The SMILES string of the molecule is CCCCCCC(C/C=C\CCCCCCCC(=O)OC)OS(=O)(=O)O. The van der Waals surface area contributed by atoms with Crippen LogP contribution in [-0.4, -0.2) is 32.2 Å². The molecule has 0 aromatic rings. The molecule has 0 radical (unpaired) electrons. The molecule has 0 aliphatic carbocycles. The average Bonchev–Trinajstić information content (AvgIpc) is 2.58. The Hall–Kier alpha value is -0.920. The fourth-order valence-corrected chi connectivity index (χ4v) is 3.22. The summed E-state index contributed by atoms with van der Waals surface area (Å²) in [5.74, 6) is -0.149. The number of hydrogen-bond donors (Lipinski definition) is 1. The molecule has 0 saturated carbocycles. The smallest absolute Gasteiger partial charge is 0.397 e. The lowest BCUT2D eigenvalue weighted by molar-refractivity contribution is -0.140. The summed E-state index contributed by atoms with van der Waals surface area (Å²) in [6.07, 6.45) is 15.4. The van der Waals surface area contributed by atoms with Crippen LogP contribution in [0.3, 0.4) is 0 Å². The maximum absolute atomic E-state index is 11.0. The number of unbranched alkanes of at least 4 members (excludes halogenated alkanes) is 8. The number of carbonyl (C=O) groups excluding carboxylic acids is 1. The van der Waals surface area contributed by atoms with Crippen LogP contribution in [0.15, 0.2) is 12.2 Å². The third kappa shape index (κ3) is 17.9. The normalized spacial score (nSPS) is 13.2. The van der Waals surface area contributed by atoms with Crippen LogP contribution in [0.2, 0.25) is 0 Å². The second-order valence-electron chi connectivity index (χ2n) is 6.58. The number of rotatable bonds is 17. The van der Waals surface area contributed by atoms with Crippen LogP contribution in [0.1, 0.15) is 90.4 Å². The van der Waals surface area contributed by atoms with Crippen molar-refractivity contribution in [2.75, 3.05) is 7.11 Å². The van der Waals surface area contributed by atoms with Gasteiger partial charge in [0.1, 0.15) is 0 Å². The minimum atomic E-state index is -4.40. The highest BCUT2D eigenvalue weighted by Crippen LogP contribution is 2.15. The van der Waals surface area contributed by atoms with Gasteiger partial charge in [-0.25, -0.2) is 4.18 Å². The van der Waals surface area contributed by atoms with Crippen molar-refractivity contribution in [1.82, 2.24) is 0 Å². The molecule has 0 aromatic heterocycles. The molecule has 6 nitrogen and oxygen atoms in total. The second kappa shape index (κ2) is 16.3. The van der Waals surface area contributed by atoms with E-state index in [0.717, 1.165) is 64.2 Å². The van der Waals surface area contributed by atoms with E-state index in [4.69, 9.17) is 8.74 Å². The van der Waals surface area contributed by atoms with E-state index in [1.807, 2.05) is 12.2 Å². The van der Waals surface area contributed by atoms with Crippen molar-refractivity contribution in [3.63, 3.8) is 0 Å². The van der Waals surface area contributed by atoms with Gasteiger partial charge in [-0.2, -0.15) is 8.42 Å². The van der Waals surface area contributed by atoms with Crippen LogP contribution in [-0.2, 0) is 24.1 Å². The number of esters is 1. The van der Waals surface area contributed by atoms with Crippen molar-refractivity contribution in [1.29, 1.82) is 0 Å². The van der Waals surface area contributed by atoms with E-state index in [1.165, 1.54) is 7.11 Å². The predicted octanol–water partition coefficient (Wildman–Crippen LogP) is 4.99. The lowest BCUT2D eigenvalue weighted by atomic mass is 10.1. The van der Waals surface area contributed by atoms with Crippen LogP contribution < -0.4 is 0 Å². The van der Waals surface area contributed by atoms with E-state index in [2.05, 4.69) is 11.7 Å². The van der Waals surface area contributed by atoms with Gasteiger partial charge in [-0.05, 0) is 32.1 Å². The lowest BCUT2D eigenvalue weighted by Gasteiger charge is -2.13. The molecule has 0 bridgehead atoms. The molecule has 1 atom stereocenters. The third-order valence-corrected chi connectivity index (χ3v) is 4.70. The molecule has 0 heterocycles. The van der Waals surface area contributed by atoms with Gasteiger partial charge < -0.3 is 4.74 Å². The summed E-state index contributed by atoms with van der Waals surface area (Å²) in [5, 5.41) is 0. The first-order valence-electron chi connectivity index (χ1n) is 9.76. The molecule has 0 aromatic carbocycles. The van der Waals surface area contributed by atoms with Crippen molar-refractivity contribution in [2.45, 2.75) is 96.5 Å². The van der Waals surface area contributed by atoms with Gasteiger partial charge in [-0.3, -0.25) is 9.35 Å². The summed E-state index contributed by atoms with van der Waals surface area (Å²) in [6, 6.07) is 0. The molecule has 0 rings (SSSR count). The Bertz CT molecular complexity index is 472. The fourth-order valence-electron chi connectivity index (χ4n) is 2.71. The molecule has 0 spiro atoms. The van der Waals surface area contributed by atoms with Crippen molar-refractivity contribution >= 4 is 16.4 Å². The van der Waals surface area contributed by atoms with E-state index < -0.39 is 16.5 Å². The zero-order valence-electron chi connectivity index (χ0n) is 16.3. The van der Waals surface area contributed by atoms with Gasteiger partial charge >= 0.3 is 16.4 Å². The Morgan fingerprint density at radius 1 is 1.00 bits per heavy atom. The first-order chi connectivity index (χ1) is 12.4. The van der Waals surface area contributed by atoms with Gasteiger partial charge in [0, 0.05) is 6.42 Å². The van der Waals surface area contributed by atoms with Gasteiger partial charge in [-0.1, -0.05) is 64.0 Å². The zero-order chi connectivity index (χ0) is 19.7. The van der Waals surface area contributed by atoms with Crippen LogP contribution in [0.4, 0.5) is 0 Å². The minimum Gasteiger partial charge on any atom is -0.469 e. The molecular weight excluding hydrogens is 356 g/mol. The first-order valence-corrected chi connectivity index (χ1v) is 11.1. The van der Waals surface area contributed by atoms with Gasteiger partial charge in [-0.15, -0.1) is 0 Å². The molecule has 154 valence electrons. The monoisotopic (exact) mass is 392 g/mol. The molecule has 0 fully saturated rings. The number of hydrogen-bond acceptors (Lipinski definition) is 5. The quantitative estimate of drug-likeness (QED) is 0.162. The average molecular weight is 393 g/mol. The summed E-state index contributed by atoms with van der Waals surface area (Å²) in [4.78, 5) is 11.0. The summed E-state index contributed by atoms with van der Waals surface area (Å²) >= 11 is 0. The Morgan fingerprint density at radius 2 is 1.65 bits per heavy atom. The molecule has 7 heteroatoms. The molecule has 0 aliphatic rings. The van der Waals surface area contributed by atoms with Crippen LogP contribution in [0, 0.1) is 0 Å². The summed E-state index contributed by atoms with van der Waals surface area (Å²) < 4.78 is 40.1. The summed E-state index contributed by atoms with van der Waals surface area (Å²) in [7, 11) is -2.99. The third-order valence-electron chi connectivity index (χ3n) is 4.18. The summed E-state index contributed by atoms with van der Waals surface area (Å²) in [6.45, 7) is 2.12. The van der Waals surface area contributed by atoms with Crippen LogP contribution >= 0.6 is 0 Å². The topological polar surface area (TPSA) is 89.9 Å². The molecule has 0 amide bonds. The molecular formula is C19H36O6S. The van der Waals surface area contributed by atoms with Crippen LogP contribution in [0.25, 0.3) is 0 Å². The zero-order valence-corrected chi connectivity index (χ0v) is 17.1. The van der Waals surface area contributed by atoms with Crippen molar-refractivity contribution in [2.24, 2.45) is 0 Å². The fraction of sp³-hybridized carbons (Fsp3) is 0.842. The summed E-state index contributed by atoms with van der Waals surface area (Å²) in [5.41, 5.74) is 0. The van der Waals surface area contributed by atoms with Gasteiger partial charge in [0.05, 0.1) is 13.2 Å². The lowest BCUT2D eigenvalue weighted by Crippen LogP contribution is -2.17. The first kappa shape index (κ1) is 25.1. The number of carbonyl (C=O) groups is 1. The molecule has 26 heavy (non-hydrogen) atoms. The number of ether oxygens (including phenoxy) is 1. The highest BCUT2D eigenvalue weighted by molar-refractivity contribution is 7.80. The van der Waals surface area contributed by atoms with E-state index in [9.17, 15) is 13.2 Å². The van der Waals surface area contributed by atoms with Gasteiger partial charge in [0.25, 0.3) is 0 Å². The number of methoxy groups -OCH3 is 1. The van der Waals surface area contributed by atoms with E-state index in [1.54, 1.807) is 0 Å². The van der Waals surface area contributed by atoms with Gasteiger partial charge in [0.15, 0.2) is 0 Å². The molecule has 1 unspecified atom stereocenters.